The molecule has 1 aromatic heterocycles. The summed E-state index contributed by atoms with van der Waals surface area (Å²) in [6.45, 7) is 0.239. The standard InChI is InChI=1S/C29H29ClF7N7O2/c1-41(22-12-18(28(32,33)34)11-19(30)13-22)27(46)42(2)24-15-43(14-23(24)16-3-7-20(31)8-4-16)25(45)17-5-9-21(10-6-17)44-26(29(35,36)37)38-39-40-44/h3-4,7-8,11-13,17,21,23-24H,5-6,9-10,14-15H2,1-2H3. The summed E-state index contributed by atoms with van der Waals surface area (Å²) in [5, 5.41) is 9.57. The van der Waals surface area contributed by atoms with E-state index in [-0.39, 0.29) is 55.4 Å². The number of anilines is 1. The number of urea groups is 1. The van der Waals surface area contributed by atoms with E-state index in [4.69, 9.17) is 11.6 Å². The Labute approximate surface area is 263 Å². The number of hydrogen-bond acceptors (Lipinski definition) is 5. The Kier molecular flexibility index (Phi) is 9.21. The number of alkyl halides is 6. The smallest absolute Gasteiger partial charge is 0.340 e. The molecule has 2 aliphatic rings. The molecular weight excluding hydrogens is 647 g/mol. The number of benzene rings is 2. The van der Waals surface area contributed by atoms with Crippen LogP contribution in [0.2, 0.25) is 5.02 Å². The topological polar surface area (TPSA) is 87.5 Å². The van der Waals surface area contributed by atoms with Gasteiger partial charge in [-0.25, -0.2) is 13.9 Å². The van der Waals surface area contributed by atoms with Crippen molar-refractivity contribution in [1.82, 2.24) is 30.0 Å². The highest BCUT2D eigenvalue weighted by molar-refractivity contribution is 6.31. The van der Waals surface area contributed by atoms with Crippen molar-refractivity contribution in [3.63, 3.8) is 0 Å². The number of carbonyl (C=O) groups excluding carboxylic acids is 2. The highest BCUT2D eigenvalue weighted by Crippen LogP contribution is 2.39. The van der Waals surface area contributed by atoms with Gasteiger partial charge in [0.15, 0.2) is 0 Å². The lowest BCUT2D eigenvalue weighted by molar-refractivity contribution is -0.149. The predicted octanol–water partition coefficient (Wildman–Crippen LogP) is 6.42. The second-order valence-corrected chi connectivity index (χ2v) is 12.0. The van der Waals surface area contributed by atoms with Crippen LogP contribution in [0.15, 0.2) is 42.5 Å². The zero-order valence-corrected chi connectivity index (χ0v) is 25.3. The van der Waals surface area contributed by atoms with E-state index in [1.807, 2.05) is 0 Å². The van der Waals surface area contributed by atoms with Gasteiger partial charge in [0.25, 0.3) is 5.82 Å². The summed E-state index contributed by atoms with van der Waals surface area (Å²) in [4.78, 5) is 31.3. The molecular formula is C29H29ClF7N7O2. The van der Waals surface area contributed by atoms with E-state index in [2.05, 4.69) is 15.5 Å². The number of hydrogen-bond donors (Lipinski definition) is 0. The molecule has 46 heavy (non-hydrogen) atoms. The average molecular weight is 676 g/mol. The largest absolute Gasteiger partial charge is 0.453 e. The van der Waals surface area contributed by atoms with Crippen LogP contribution in [0.1, 0.15) is 54.6 Å². The minimum Gasteiger partial charge on any atom is -0.340 e. The monoisotopic (exact) mass is 675 g/mol. The lowest BCUT2D eigenvalue weighted by Crippen LogP contribution is -2.48. The van der Waals surface area contributed by atoms with Crippen LogP contribution in [0.5, 0.6) is 0 Å². The van der Waals surface area contributed by atoms with Crippen LogP contribution in [-0.2, 0) is 17.1 Å². The number of likely N-dealkylation sites (N-methyl/N-ethyl adjacent to an activating group) is 1. The minimum atomic E-state index is -4.72. The summed E-state index contributed by atoms with van der Waals surface area (Å²) in [5.74, 6) is -2.88. The molecule has 9 nitrogen and oxygen atoms in total. The summed E-state index contributed by atoms with van der Waals surface area (Å²) in [6.07, 6.45) is -8.35. The fourth-order valence-corrected chi connectivity index (χ4v) is 6.50. The Hall–Kier alpha value is -3.95. The molecule has 0 radical (unpaired) electrons. The van der Waals surface area contributed by atoms with Gasteiger partial charge in [-0.2, -0.15) is 26.3 Å². The van der Waals surface area contributed by atoms with Gasteiger partial charge >= 0.3 is 18.4 Å². The molecule has 1 aliphatic heterocycles. The molecule has 17 heteroatoms. The van der Waals surface area contributed by atoms with E-state index in [9.17, 15) is 40.3 Å². The summed E-state index contributed by atoms with van der Waals surface area (Å²) < 4.78 is 94.7. The zero-order valence-electron chi connectivity index (χ0n) is 24.6. The first-order valence-electron chi connectivity index (χ1n) is 14.3. The van der Waals surface area contributed by atoms with Gasteiger partial charge in [0.05, 0.1) is 17.6 Å². The van der Waals surface area contributed by atoms with Crippen molar-refractivity contribution < 1.29 is 40.3 Å². The number of halogens is 8. The van der Waals surface area contributed by atoms with Gasteiger partial charge in [0.2, 0.25) is 5.91 Å². The van der Waals surface area contributed by atoms with Crippen molar-refractivity contribution in [2.45, 2.75) is 56.0 Å². The third-order valence-corrected chi connectivity index (χ3v) is 8.94. The van der Waals surface area contributed by atoms with Crippen molar-refractivity contribution >= 4 is 29.2 Å². The van der Waals surface area contributed by atoms with Crippen LogP contribution in [0.3, 0.4) is 0 Å². The SMILES string of the molecule is CN(C(=O)N(C)C1CN(C(=O)C2CCC(n3nnnc3C(F)(F)F)CC2)CC1c1ccc(F)cc1)c1cc(Cl)cc(C(F)(F)F)c1. The number of tetrazole rings is 1. The van der Waals surface area contributed by atoms with Crippen LogP contribution in [0.4, 0.5) is 41.2 Å². The molecule has 1 aliphatic carbocycles. The lowest BCUT2D eigenvalue weighted by atomic mass is 9.85. The van der Waals surface area contributed by atoms with Gasteiger partial charge in [-0.3, -0.25) is 9.69 Å². The molecule has 5 rings (SSSR count). The highest BCUT2D eigenvalue weighted by atomic mass is 35.5. The lowest BCUT2D eigenvalue weighted by Gasteiger charge is -2.33. The van der Waals surface area contributed by atoms with E-state index >= 15 is 0 Å². The summed E-state index contributed by atoms with van der Waals surface area (Å²) in [7, 11) is 2.78. The minimum absolute atomic E-state index is 0.0749. The van der Waals surface area contributed by atoms with E-state index in [0.717, 1.165) is 21.7 Å². The molecule has 1 saturated carbocycles. The summed E-state index contributed by atoms with van der Waals surface area (Å²) in [6, 6.07) is 6.46. The van der Waals surface area contributed by atoms with Gasteiger partial charge in [-0.15, -0.1) is 5.10 Å². The van der Waals surface area contributed by atoms with Crippen molar-refractivity contribution in [2.75, 3.05) is 32.1 Å². The number of rotatable bonds is 5. The Balaban J connectivity index is 1.33. The van der Waals surface area contributed by atoms with Crippen molar-refractivity contribution in [1.29, 1.82) is 0 Å². The number of likely N-dealkylation sites (tertiary alicyclic amines) is 1. The van der Waals surface area contributed by atoms with E-state index in [1.165, 1.54) is 37.2 Å². The van der Waals surface area contributed by atoms with Crippen LogP contribution in [0.25, 0.3) is 0 Å². The molecule has 2 unspecified atom stereocenters. The Morgan fingerprint density at radius 2 is 1.57 bits per heavy atom. The Morgan fingerprint density at radius 3 is 2.17 bits per heavy atom. The third-order valence-electron chi connectivity index (χ3n) is 8.72. The average Bonchev–Trinajstić information content (AvgIpc) is 3.68. The quantitative estimate of drug-likeness (QED) is 0.292. The predicted molar refractivity (Wildman–Crippen MR) is 151 cm³/mol. The van der Waals surface area contributed by atoms with Gasteiger partial charge in [0.1, 0.15) is 5.82 Å². The maximum absolute atomic E-state index is 13.8. The maximum atomic E-state index is 13.8. The summed E-state index contributed by atoms with van der Waals surface area (Å²) >= 11 is 5.93. The molecule has 3 amide bonds. The molecule has 3 aromatic rings. The normalized spacial score (nSPS) is 22.2. The number of amides is 3. The van der Waals surface area contributed by atoms with Crippen LogP contribution < -0.4 is 4.90 Å². The molecule has 2 aromatic carbocycles. The number of aromatic nitrogens is 4. The first-order chi connectivity index (χ1) is 21.5. The molecule has 248 valence electrons. The first-order valence-corrected chi connectivity index (χ1v) is 14.7. The summed E-state index contributed by atoms with van der Waals surface area (Å²) in [5.41, 5.74) is -0.467. The fourth-order valence-electron chi connectivity index (χ4n) is 6.27. The van der Waals surface area contributed by atoms with Crippen LogP contribution in [0, 0.1) is 11.7 Å². The molecule has 1 saturated heterocycles. The van der Waals surface area contributed by atoms with Gasteiger partial charge in [-0.1, -0.05) is 23.7 Å². The van der Waals surface area contributed by atoms with Crippen molar-refractivity contribution in [2.24, 2.45) is 5.92 Å². The van der Waals surface area contributed by atoms with Crippen molar-refractivity contribution in [3.05, 3.63) is 70.3 Å². The van der Waals surface area contributed by atoms with E-state index < -0.39 is 59.5 Å². The second-order valence-electron chi connectivity index (χ2n) is 11.6. The highest BCUT2D eigenvalue weighted by Gasteiger charge is 2.44. The first kappa shape index (κ1) is 33.4. The number of nitrogens with zero attached hydrogens (tertiary/aromatic N) is 7. The maximum Gasteiger partial charge on any atom is 0.453 e. The molecule has 2 atom stereocenters. The molecule has 0 N–H and O–H groups in total. The second kappa shape index (κ2) is 12.7. The van der Waals surface area contributed by atoms with Crippen LogP contribution >= 0.6 is 11.6 Å². The Bertz CT molecular complexity index is 1570. The van der Waals surface area contributed by atoms with Crippen LogP contribution in [-0.4, -0.2) is 75.2 Å². The molecule has 2 heterocycles. The fraction of sp³-hybridized carbons (Fsp3) is 0.483. The van der Waals surface area contributed by atoms with Gasteiger partial charge in [0, 0.05) is 49.7 Å². The van der Waals surface area contributed by atoms with Crippen molar-refractivity contribution in [3.8, 4) is 0 Å². The third kappa shape index (κ3) is 6.90. The Morgan fingerprint density at radius 1 is 0.913 bits per heavy atom. The zero-order chi connectivity index (χ0) is 33.6. The van der Waals surface area contributed by atoms with E-state index in [1.54, 1.807) is 17.0 Å². The molecule has 0 bridgehead atoms. The van der Waals surface area contributed by atoms with Gasteiger partial charge in [-0.05, 0) is 72.0 Å². The molecule has 2 fully saturated rings. The molecule has 0 spiro atoms. The van der Waals surface area contributed by atoms with Gasteiger partial charge < -0.3 is 9.80 Å². The number of carbonyl (C=O) groups is 2. The van der Waals surface area contributed by atoms with E-state index in [0.29, 0.717) is 5.56 Å².